The van der Waals surface area contributed by atoms with E-state index in [4.69, 9.17) is 25.8 Å². The first-order valence-electron chi connectivity index (χ1n) is 7.07. The monoisotopic (exact) mass is 335 g/mol. The molecule has 0 fully saturated rings. The topological polar surface area (TPSA) is 71.7 Å². The minimum atomic E-state index is -0.520. The number of carbonyl (C=O) groups is 1. The van der Waals surface area contributed by atoms with Crippen LogP contribution in [0, 0.1) is 5.21 Å². The maximum atomic E-state index is 11.9. The minimum absolute atomic E-state index is 0.0431. The number of nitrogens with zero attached hydrogens (tertiary/aromatic N) is 1. The third-order valence-electron chi connectivity index (χ3n) is 3.27. The van der Waals surface area contributed by atoms with E-state index in [2.05, 4.69) is 0 Å². The van der Waals surface area contributed by atoms with Gasteiger partial charge in [-0.15, -0.1) is 0 Å². The molecule has 0 spiro atoms. The van der Waals surface area contributed by atoms with Crippen molar-refractivity contribution in [2.45, 2.75) is 13.0 Å². The molecule has 1 aliphatic rings. The van der Waals surface area contributed by atoms with Gasteiger partial charge in [-0.2, -0.15) is 4.73 Å². The van der Waals surface area contributed by atoms with Crippen molar-refractivity contribution in [3.63, 3.8) is 0 Å². The van der Waals surface area contributed by atoms with E-state index < -0.39 is 5.97 Å². The van der Waals surface area contributed by atoms with E-state index in [9.17, 15) is 10.0 Å². The fraction of sp³-hybridized carbons (Fsp3) is 0.250. The second kappa shape index (κ2) is 6.75. The van der Waals surface area contributed by atoms with E-state index in [1.54, 1.807) is 12.1 Å². The molecule has 2 heterocycles. The fourth-order valence-electron chi connectivity index (χ4n) is 2.15. The van der Waals surface area contributed by atoms with Crippen molar-refractivity contribution in [2.24, 2.45) is 0 Å². The summed E-state index contributed by atoms with van der Waals surface area (Å²) < 4.78 is 17.0. The zero-order valence-electron chi connectivity index (χ0n) is 12.2. The molecule has 0 amide bonds. The lowest BCUT2D eigenvalue weighted by atomic mass is 10.2. The molecule has 1 aromatic heterocycles. The van der Waals surface area contributed by atoms with Crippen LogP contribution in [0.15, 0.2) is 36.7 Å². The lowest BCUT2D eigenvalue weighted by Gasteiger charge is -2.12. The average Bonchev–Trinajstić information content (AvgIpc) is 2.79. The van der Waals surface area contributed by atoms with Gasteiger partial charge in [0.05, 0.1) is 23.8 Å². The summed E-state index contributed by atoms with van der Waals surface area (Å²) in [4.78, 5) is 11.9. The van der Waals surface area contributed by atoms with E-state index in [1.807, 2.05) is 0 Å². The third kappa shape index (κ3) is 3.65. The Labute approximate surface area is 137 Å². The Hall–Kier alpha value is -2.47. The van der Waals surface area contributed by atoms with E-state index in [1.165, 1.54) is 24.5 Å². The molecule has 0 N–H and O–H groups in total. The van der Waals surface area contributed by atoms with E-state index in [0.717, 1.165) is 6.42 Å². The van der Waals surface area contributed by atoms with E-state index in [-0.39, 0.29) is 6.61 Å². The molecule has 1 aromatic carbocycles. The molecule has 1 aliphatic heterocycles. The Kier molecular flexibility index (Phi) is 4.52. The van der Waals surface area contributed by atoms with Gasteiger partial charge in [0.15, 0.2) is 23.9 Å². The molecule has 0 saturated heterocycles. The second-order valence-electron chi connectivity index (χ2n) is 4.98. The minimum Gasteiger partial charge on any atom is -0.619 e. The van der Waals surface area contributed by atoms with Crippen LogP contribution < -0.4 is 14.2 Å². The van der Waals surface area contributed by atoms with Crippen LogP contribution in [0.4, 0.5) is 0 Å². The number of rotatable bonds is 3. The summed E-state index contributed by atoms with van der Waals surface area (Å²) in [6.07, 6.45) is 3.26. The maximum Gasteiger partial charge on any atom is 0.338 e. The van der Waals surface area contributed by atoms with Crippen molar-refractivity contribution < 1.29 is 23.7 Å². The highest BCUT2D eigenvalue weighted by Gasteiger charge is 2.16. The van der Waals surface area contributed by atoms with Crippen LogP contribution in [0.1, 0.15) is 22.3 Å². The number of esters is 1. The Morgan fingerprint density at radius 1 is 1.26 bits per heavy atom. The molecule has 0 bridgehead atoms. The standard InChI is InChI=1S/C16H14ClNO5/c17-13-8-11(9-14-15(13)22-7-1-6-21-14)10-23-16(19)12-2-4-18(20)5-3-12/h2-5,8-9H,1,6-7,10H2. The summed E-state index contributed by atoms with van der Waals surface area (Å²) in [6.45, 7) is 1.14. The number of ether oxygens (including phenoxy) is 3. The second-order valence-corrected chi connectivity index (χ2v) is 5.39. The molecule has 2 aromatic rings. The first kappa shape index (κ1) is 15.4. The van der Waals surface area contributed by atoms with Gasteiger partial charge in [0.25, 0.3) is 0 Å². The summed E-state index contributed by atoms with van der Waals surface area (Å²) >= 11 is 6.19. The molecule has 6 nitrogen and oxygen atoms in total. The average molecular weight is 336 g/mol. The molecule has 0 saturated carbocycles. The van der Waals surface area contributed by atoms with Crippen LogP contribution in [-0.4, -0.2) is 19.2 Å². The summed E-state index contributed by atoms with van der Waals surface area (Å²) in [7, 11) is 0. The van der Waals surface area contributed by atoms with Gasteiger partial charge in [-0.25, -0.2) is 4.79 Å². The quantitative estimate of drug-likeness (QED) is 0.489. The molecular weight excluding hydrogens is 322 g/mol. The van der Waals surface area contributed by atoms with Crippen LogP contribution in [0.3, 0.4) is 0 Å². The summed E-state index contributed by atoms with van der Waals surface area (Å²) in [6, 6.07) is 6.22. The van der Waals surface area contributed by atoms with Crippen LogP contribution >= 0.6 is 11.6 Å². The first-order chi connectivity index (χ1) is 11.1. The normalized spacial score (nSPS) is 13.3. The molecule has 3 rings (SSSR count). The van der Waals surface area contributed by atoms with Crippen molar-refractivity contribution in [1.29, 1.82) is 0 Å². The number of benzene rings is 1. The van der Waals surface area contributed by atoms with Gasteiger partial charge in [0.2, 0.25) is 0 Å². The largest absolute Gasteiger partial charge is 0.619 e. The molecule has 120 valence electrons. The van der Waals surface area contributed by atoms with Gasteiger partial charge in [-0.05, 0) is 17.7 Å². The Morgan fingerprint density at radius 2 is 2.00 bits per heavy atom. The summed E-state index contributed by atoms with van der Waals surface area (Å²) in [5, 5.41) is 11.4. The zero-order chi connectivity index (χ0) is 16.2. The zero-order valence-corrected chi connectivity index (χ0v) is 12.9. The first-order valence-corrected chi connectivity index (χ1v) is 7.45. The molecule has 0 atom stereocenters. The molecule has 0 radical (unpaired) electrons. The Balaban J connectivity index is 1.71. The van der Waals surface area contributed by atoms with Crippen molar-refractivity contribution in [3.8, 4) is 11.5 Å². The predicted octanol–water partition coefficient (Wildman–Crippen LogP) is 2.49. The number of hydrogen-bond donors (Lipinski definition) is 0. The van der Waals surface area contributed by atoms with Crippen molar-refractivity contribution in [3.05, 3.63) is 58.0 Å². The summed E-state index contributed by atoms with van der Waals surface area (Å²) in [5.41, 5.74) is 1.000. The number of halogens is 1. The van der Waals surface area contributed by atoms with Crippen LogP contribution in [0.25, 0.3) is 0 Å². The highest BCUT2D eigenvalue weighted by atomic mass is 35.5. The van der Waals surface area contributed by atoms with Crippen LogP contribution in [0.5, 0.6) is 11.5 Å². The number of hydrogen-bond acceptors (Lipinski definition) is 5. The predicted molar refractivity (Wildman–Crippen MR) is 81.6 cm³/mol. The van der Waals surface area contributed by atoms with Crippen molar-refractivity contribution in [2.75, 3.05) is 13.2 Å². The molecule has 7 heteroatoms. The highest BCUT2D eigenvalue weighted by Crippen LogP contribution is 2.38. The van der Waals surface area contributed by atoms with Gasteiger partial charge in [0, 0.05) is 18.6 Å². The molecular formula is C16H14ClNO5. The summed E-state index contributed by atoms with van der Waals surface area (Å²) in [5.74, 6) is 0.546. The van der Waals surface area contributed by atoms with Gasteiger partial charge in [-0.3, -0.25) is 0 Å². The number of fused-ring (bicyclic) bond motifs is 1. The Morgan fingerprint density at radius 3 is 2.78 bits per heavy atom. The number of aromatic nitrogens is 1. The van der Waals surface area contributed by atoms with Crippen LogP contribution in [-0.2, 0) is 11.3 Å². The maximum absolute atomic E-state index is 11.9. The number of carbonyl (C=O) groups excluding carboxylic acids is 1. The third-order valence-corrected chi connectivity index (χ3v) is 3.55. The van der Waals surface area contributed by atoms with Gasteiger partial charge in [0.1, 0.15) is 6.61 Å². The van der Waals surface area contributed by atoms with E-state index in [0.29, 0.717) is 45.6 Å². The SMILES string of the molecule is O=C(OCc1cc(Cl)c2c(c1)OCCCO2)c1cc[n+]([O-])cc1. The van der Waals surface area contributed by atoms with Crippen LogP contribution in [0.2, 0.25) is 5.02 Å². The van der Waals surface area contributed by atoms with E-state index >= 15 is 0 Å². The lowest BCUT2D eigenvalue weighted by molar-refractivity contribution is -0.605. The Bertz CT molecular complexity index is 717. The van der Waals surface area contributed by atoms with Crippen molar-refractivity contribution >= 4 is 17.6 Å². The smallest absolute Gasteiger partial charge is 0.338 e. The molecule has 0 unspecified atom stereocenters. The molecule has 0 aliphatic carbocycles. The van der Waals surface area contributed by atoms with Gasteiger partial charge in [-0.1, -0.05) is 11.6 Å². The fourth-order valence-corrected chi connectivity index (χ4v) is 2.44. The lowest BCUT2D eigenvalue weighted by Crippen LogP contribution is -2.24. The highest BCUT2D eigenvalue weighted by molar-refractivity contribution is 6.32. The number of pyridine rings is 1. The van der Waals surface area contributed by atoms with Gasteiger partial charge < -0.3 is 19.4 Å². The van der Waals surface area contributed by atoms with Gasteiger partial charge >= 0.3 is 5.97 Å². The van der Waals surface area contributed by atoms with Crippen molar-refractivity contribution in [1.82, 2.24) is 0 Å². The molecule has 23 heavy (non-hydrogen) atoms.